The van der Waals surface area contributed by atoms with Crippen LogP contribution in [0.1, 0.15) is 23.2 Å². The first kappa shape index (κ1) is 14.8. The molecule has 2 N–H and O–H groups in total. The molecular weight excluding hydrogens is 298 g/mol. The molecule has 2 heterocycles. The van der Waals surface area contributed by atoms with Crippen molar-refractivity contribution in [3.63, 3.8) is 0 Å². The normalized spacial score (nSPS) is 17.3. The molecule has 0 bridgehead atoms. The minimum Gasteiger partial charge on any atom is -0.367 e. The van der Waals surface area contributed by atoms with Crippen molar-refractivity contribution in [1.29, 1.82) is 0 Å². The first-order valence-corrected chi connectivity index (χ1v) is 8.49. The molecule has 1 aliphatic heterocycles. The smallest absolute Gasteiger partial charge is 0.253 e. The van der Waals surface area contributed by atoms with Crippen LogP contribution in [-0.4, -0.2) is 30.0 Å². The molecule has 4 heteroatoms. The lowest BCUT2D eigenvalue weighted by atomic mass is 10.1. The second-order valence-corrected chi connectivity index (χ2v) is 6.28. The number of benzene rings is 2. The lowest BCUT2D eigenvalue weighted by molar-refractivity contribution is 0.0953. The average Bonchev–Trinajstić information content (AvgIpc) is 3.27. The Bertz CT molecular complexity index is 840. The highest BCUT2D eigenvalue weighted by Gasteiger charge is 2.25. The Kier molecular flexibility index (Phi) is 3.95. The first-order valence-electron chi connectivity index (χ1n) is 8.49. The fraction of sp³-hybridized carbons (Fsp3) is 0.250. The fourth-order valence-electron chi connectivity index (χ4n) is 3.57. The molecule has 1 aromatic heterocycles. The van der Waals surface area contributed by atoms with E-state index in [0.717, 1.165) is 29.4 Å². The number of nitrogens with one attached hydrogen (secondary N) is 2. The highest BCUT2D eigenvalue weighted by molar-refractivity contribution is 6.06. The van der Waals surface area contributed by atoms with Gasteiger partial charge in [-0.2, -0.15) is 0 Å². The van der Waals surface area contributed by atoms with Gasteiger partial charge in [-0.15, -0.1) is 0 Å². The summed E-state index contributed by atoms with van der Waals surface area (Å²) in [5, 5.41) is 4.09. The first-order chi connectivity index (χ1) is 11.8. The van der Waals surface area contributed by atoms with Gasteiger partial charge in [-0.3, -0.25) is 4.79 Å². The number of para-hydroxylation sites is 2. The van der Waals surface area contributed by atoms with Gasteiger partial charge in [0.15, 0.2) is 0 Å². The van der Waals surface area contributed by atoms with Crippen molar-refractivity contribution in [2.45, 2.75) is 18.9 Å². The van der Waals surface area contributed by atoms with Crippen LogP contribution in [0.3, 0.4) is 0 Å². The second kappa shape index (κ2) is 6.40. The number of carbonyl (C=O) groups is 1. The number of hydrogen-bond donors (Lipinski definition) is 2. The van der Waals surface area contributed by atoms with Crippen LogP contribution in [0.4, 0.5) is 5.69 Å². The Morgan fingerprint density at radius 1 is 1.12 bits per heavy atom. The van der Waals surface area contributed by atoms with Crippen LogP contribution >= 0.6 is 0 Å². The van der Waals surface area contributed by atoms with Crippen LogP contribution in [0.5, 0.6) is 0 Å². The third-order valence-corrected chi connectivity index (χ3v) is 4.80. The Labute approximate surface area is 141 Å². The van der Waals surface area contributed by atoms with Gasteiger partial charge in [0.2, 0.25) is 0 Å². The fourth-order valence-corrected chi connectivity index (χ4v) is 3.57. The van der Waals surface area contributed by atoms with Crippen molar-refractivity contribution in [1.82, 2.24) is 10.3 Å². The van der Waals surface area contributed by atoms with Crippen LogP contribution in [0.15, 0.2) is 60.8 Å². The lowest BCUT2D eigenvalue weighted by Crippen LogP contribution is -2.40. The van der Waals surface area contributed by atoms with Crippen molar-refractivity contribution in [3.8, 4) is 0 Å². The predicted octanol–water partition coefficient (Wildman–Crippen LogP) is 3.57. The van der Waals surface area contributed by atoms with Gasteiger partial charge >= 0.3 is 0 Å². The number of nitrogens with zero attached hydrogens (tertiary/aromatic N) is 1. The highest BCUT2D eigenvalue weighted by atomic mass is 16.1. The standard InChI is InChI=1S/C20H21N3O/c24-20(18-14-21-19-11-5-4-10-17(18)19)22-13-16-9-6-12-23(16)15-7-2-1-3-8-15/h1-5,7-8,10-11,14,16,21H,6,9,12-13H2,(H,22,24)/t16-/m1/s1. The number of amides is 1. The van der Waals surface area contributed by atoms with Gasteiger partial charge in [0.05, 0.1) is 5.56 Å². The number of aromatic amines is 1. The SMILES string of the molecule is O=C(NC[C@H]1CCCN1c1ccccc1)c1c[nH]c2ccccc12. The minimum atomic E-state index is -0.00707. The molecular formula is C20H21N3O. The summed E-state index contributed by atoms with van der Waals surface area (Å²) in [5.41, 5.74) is 2.95. The Morgan fingerprint density at radius 2 is 1.92 bits per heavy atom. The number of anilines is 1. The summed E-state index contributed by atoms with van der Waals surface area (Å²) in [7, 11) is 0. The van der Waals surface area contributed by atoms with Crippen molar-refractivity contribution in [2.75, 3.05) is 18.0 Å². The Morgan fingerprint density at radius 3 is 2.79 bits per heavy atom. The molecule has 0 unspecified atom stereocenters. The number of hydrogen-bond acceptors (Lipinski definition) is 2. The van der Waals surface area contributed by atoms with E-state index in [1.54, 1.807) is 6.20 Å². The van der Waals surface area contributed by atoms with Crippen LogP contribution in [0, 0.1) is 0 Å². The molecule has 0 spiro atoms. The third kappa shape index (κ3) is 2.75. The number of carbonyl (C=O) groups excluding carboxylic acids is 1. The third-order valence-electron chi connectivity index (χ3n) is 4.80. The van der Waals surface area contributed by atoms with E-state index < -0.39 is 0 Å². The quantitative estimate of drug-likeness (QED) is 0.772. The molecule has 3 aromatic rings. The minimum absolute atomic E-state index is 0.00707. The Balaban J connectivity index is 1.45. The largest absolute Gasteiger partial charge is 0.367 e. The van der Waals surface area contributed by atoms with E-state index in [-0.39, 0.29) is 5.91 Å². The van der Waals surface area contributed by atoms with E-state index in [0.29, 0.717) is 12.6 Å². The van der Waals surface area contributed by atoms with Gasteiger partial charge in [-0.05, 0) is 31.0 Å². The Hall–Kier alpha value is -2.75. The lowest BCUT2D eigenvalue weighted by Gasteiger charge is -2.27. The van der Waals surface area contributed by atoms with E-state index in [4.69, 9.17) is 0 Å². The van der Waals surface area contributed by atoms with Gasteiger partial charge in [-0.1, -0.05) is 36.4 Å². The maximum atomic E-state index is 12.6. The summed E-state index contributed by atoms with van der Waals surface area (Å²) in [6, 6.07) is 18.7. The predicted molar refractivity (Wildman–Crippen MR) is 97.4 cm³/mol. The van der Waals surface area contributed by atoms with Crippen molar-refractivity contribution in [2.24, 2.45) is 0 Å². The van der Waals surface area contributed by atoms with Crippen molar-refractivity contribution < 1.29 is 4.79 Å². The number of H-pyrrole nitrogens is 1. The molecule has 0 aliphatic carbocycles. The van der Waals surface area contributed by atoms with Crippen molar-refractivity contribution in [3.05, 3.63) is 66.4 Å². The zero-order valence-corrected chi connectivity index (χ0v) is 13.5. The van der Waals surface area contributed by atoms with Crippen LogP contribution in [0.2, 0.25) is 0 Å². The molecule has 4 rings (SSSR count). The van der Waals surface area contributed by atoms with E-state index in [1.807, 2.05) is 30.3 Å². The topological polar surface area (TPSA) is 48.1 Å². The van der Waals surface area contributed by atoms with Gasteiger partial charge in [0.1, 0.15) is 0 Å². The molecule has 1 atom stereocenters. The van der Waals surface area contributed by atoms with Crippen molar-refractivity contribution >= 4 is 22.5 Å². The van der Waals surface area contributed by atoms with Crippen LogP contribution in [-0.2, 0) is 0 Å². The molecule has 1 fully saturated rings. The number of aromatic nitrogens is 1. The highest BCUT2D eigenvalue weighted by Crippen LogP contribution is 2.25. The molecule has 24 heavy (non-hydrogen) atoms. The number of rotatable bonds is 4. The van der Waals surface area contributed by atoms with Crippen LogP contribution < -0.4 is 10.2 Å². The summed E-state index contributed by atoms with van der Waals surface area (Å²) in [6.45, 7) is 1.73. The van der Waals surface area contributed by atoms with Gasteiger partial charge in [0, 0.05) is 41.9 Å². The second-order valence-electron chi connectivity index (χ2n) is 6.28. The van der Waals surface area contributed by atoms with Crippen LogP contribution in [0.25, 0.3) is 10.9 Å². The molecule has 1 aliphatic rings. The summed E-state index contributed by atoms with van der Waals surface area (Å²) in [5.74, 6) is -0.00707. The van der Waals surface area contributed by atoms with E-state index in [9.17, 15) is 4.79 Å². The van der Waals surface area contributed by atoms with Gasteiger partial charge in [0.25, 0.3) is 5.91 Å². The summed E-state index contributed by atoms with van der Waals surface area (Å²) in [6.07, 6.45) is 4.08. The molecule has 0 radical (unpaired) electrons. The molecule has 122 valence electrons. The molecule has 1 saturated heterocycles. The molecule has 2 aromatic carbocycles. The van der Waals surface area contributed by atoms with Gasteiger partial charge < -0.3 is 15.2 Å². The van der Waals surface area contributed by atoms with Gasteiger partial charge in [-0.25, -0.2) is 0 Å². The number of fused-ring (bicyclic) bond motifs is 1. The maximum absolute atomic E-state index is 12.6. The van der Waals surface area contributed by atoms with E-state index >= 15 is 0 Å². The summed E-state index contributed by atoms with van der Waals surface area (Å²) in [4.78, 5) is 18.1. The summed E-state index contributed by atoms with van der Waals surface area (Å²) >= 11 is 0. The molecule has 4 nitrogen and oxygen atoms in total. The van der Waals surface area contributed by atoms with E-state index in [2.05, 4.69) is 39.5 Å². The zero-order valence-electron chi connectivity index (χ0n) is 13.5. The zero-order chi connectivity index (χ0) is 16.4. The maximum Gasteiger partial charge on any atom is 0.253 e. The molecule has 1 amide bonds. The summed E-state index contributed by atoms with van der Waals surface area (Å²) < 4.78 is 0. The molecule has 0 saturated carbocycles. The average molecular weight is 319 g/mol. The monoisotopic (exact) mass is 319 g/mol. The van der Waals surface area contributed by atoms with E-state index in [1.165, 1.54) is 12.1 Å².